The molecule has 1 aliphatic rings. The van der Waals surface area contributed by atoms with Crippen LogP contribution in [0.4, 0.5) is 0 Å². The molecule has 1 fully saturated rings. The topological polar surface area (TPSA) is 41.6 Å². The summed E-state index contributed by atoms with van der Waals surface area (Å²) in [5.74, 6) is -0.144. The summed E-state index contributed by atoms with van der Waals surface area (Å²) in [6.45, 7) is 6.79. The van der Waals surface area contributed by atoms with Gasteiger partial charge in [-0.1, -0.05) is 0 Å². The monoisotopic (exact) mass is 186 g/mol. The molecule has 2 atom stereocenters. The summed E-state index contributed by atoms with van der Waals surface area (Å²) in [6.07, 6.45) is 0. The van der Waals surface area contributed by atoms with E-state index in [9.17, 15) is 4.79 Å². The highest BCUT2D eigenvalue weighted by Crippen LogP contribution is 2.05. The molecule has 0 aromatic heterocycles. The smallest absolute Gasteiger partial charge is 0.322 e. The normalized spacial score (nSPS) is 26.8. The number of rotatable bonds is 2. The number of piperazine rings is 1. The van der Waals surface area contributed by atoms with E-state index in [1.807, 2.05) is 6.92 Å². The highest BCUT2D eigenvalue weighted by atomic mass is 16.5. The summed E-state index contributed by atoms with van der Waals surface area (Å²) < 4.78 is 4.70. The van der Waals surface area contributed by atoms with E-state index in [0.29, 0.717) is 6.04 Å². The maximum Gasteiger partial charge on any atom is 0.322 e. The summed E-state index contributed by atoms with van der Waals surface area (Å²) in [5.41, 5.74) is 0. The second-order valence-electron chi connectivity index (χ2n) is 3.55. The lowest BCUT2D eigenvalue weighted by atomic mass is 10.2. The molecule has 0 spiro atoms. The van der Waals surface area contributed by atoms with Crippen LogP contribution < -0.4 is 5.32 Å². The van der Waals surface area contributed by atoms with Crippen LogP contribution in [0.15, 0.2) is 0 Å². The Morgan fingerprint density at radius 3 is 2.92 bits per heavy atom. The summed E-state index contributed by atoms with van der Waals surface area (Å²) in [5, 5.41) is 3.33. The molecule has 76 valence electrons. The zero-order valence-corrected chi connectivity index (χ0v) is 8.54. The van der Waals surface area contributed by atoms with E-state index in [0.717, 1.165) is 19.6 Å². The summed E-state index contributed by atoms with van der Waals surface area (Å²) in [4.78, 5) is 13.4. The molecule has 0 radical (unpaired) electrons. The Kier molecular flexibility index (Phi) is 3.69. The average molecular weight is 186 g/mol. The predicted octanol–water partition coefficient (Wildman–Crippen LogP) is -0.158. The third-order valence-electron chi connectivity index (χ3n) is 2.49. The SMILES string of the molecule is COC(=O)C(C)N1CCN[C@H](C)C1. The lowest BCUT2D eigenvalue weighted by Crippen LogP contribution is -2.54. The van der Waals surface area contributed by atoms with E-state index < -0.39 is 0 Å². The second kappa shape index (κ2) is 4.58. The Hall–Kier alpha value is -0.610. The van der Waals surface area contributed by atoms with Crippen LogP contribution in [0.1, 0.15) is 13.8 Å². The third-order valence-corrected chi connectivity index (χ3v) is 2.49. The Morgan fingerprint density at radius 1 is 1.69 bits per heavy atom. The van der Waals surface area contributed by atoms with E-state index in [1.165, 1.54) is 7.11 Å². The van der Waals surface area contributed by atoms with Gasteiger partial charge in [-0.3, -0.25) is 9.69 Å². The predicted molar refractivity (Wildman–Crippen MR) is 50.5 cm³/mol. The van der Waals surface area contributed by atoms with E-state index in [1.54, 1.807) is 0 Å². The van der Waals surface area contributed by atoms with Crippen LogP contribution in [0, 0.1) is 0 Å². The Bertz CT molecular complexity index is 184. The molecule has 4 nitrogen and oxygen atoms in total. The summed E-state index contributed by atoms with van der Waals surface area (Å²) in [7, 11) is 1.43. The molecule has 0 aliphatic carbocycles. The standard InChI is InChI=1S/C9H18N2O2/c1-7-6-11(5-4-10-7)8(2)9(12)13-3/h7-8,10H,4-6H2,1-3H3/t7-,8?/m1/s1. The molecule has 1 heterocycles. The van der Waals surface area contributed by atoms with Gasteiger partial charge in [0.15, 0.2) is 0 Å². The molecule has 0 amide bonds. The van der Waals surface area contributed by atoms with Crippen molar-refractivity contribution in [3.8, 4) is 0 Å². The molecule has 0 bridgehead atoms. The minimum Gasteiger partial charge on any atom is -0.468 e. The number of hydrogen-bond acceptors (Lipinski definition) is 4. The number of esters is 1. The maximum absolute atomic E-state index is 11.2. The highest BCUT2D eigenvalue weighted by Gasteiger charge is 2.25. The van der Waals surface area contributed by atoms with Crippen LogP contribution >= 0.6 is 0 Å². The fraction of sp³-hybridized carbons (Fsp3) is 0.889. The van der Waals surface area contributed by atoms with Crippen molar-refractivity contribution < 1.29 is 9.53 Å². The first-order chi connectivity index (χ1) is 6.15. The first-order valence-corrected chi connectivity index (χ1v) is 4.70. The minimum atomic E-state index is -0.144. The van der Waals surface area contributed by atoms with Gasteiger partial charge in [-0.25, -0.2) is 0 Å². The van der Waals surface area contributed by atoms with Crippen molar-refractivity contribution in [1.82, 2.24) is 10.2 Å². The molecule has 1 rings (SSSR count). The summed E-state index contributed by atoms with van der Waals surface area (Å²) >= 11 is 0. The molecule has 0 aromatic rings. The van der Waals surface area contributed by atoms with Crippen LogP contribution in [0.5, 0.6) is 0 Å². The van der Waals surface area contributed by atoms with Crippen molar-refractivity contribution in [3.05, 3.63) is 0 Å². The second-order valence-corrected chi connectivity index (χ2v) is 3.55. The number of nitrogens with one attached hydrogen (secondary N) is 1. The van der Waals surface area contributed by atoms with Gasteiger partial charge in [0, 0.05) is 25.7 Å². The third kappa shape index (κ3) is 2.67. The number of carbonyl (C=O) groups excluding carboxylic acids is 1. The van der Waals surface area contributed by atoms with Crippen molar-refractivity contribution in [2.24, 2.45) is 0 Å². The van der Waals surface area contributed by atoms with E-state index in [4.69, 9.17) is 4.74 Å². The largest absolute Gasteiger partial charge is 0.468 e. The molecule has 1 N–H and O–H groups in total. The van der Waals surface area contributed by atoms with Crippen molar-refractivity contribution in [2.75, 3.05) is 26.7 Å². The van der Waals surface area contributed by atoms with Gasteiger partial charge in [0.25, 0.3) is 0 Å². The number of nitrogens with zero attached hydrogens (tertiary/aromatic N) is 1. The molecular formula is C9H18N2O2. The minimum absolute atomic E-state index is 0.116. The van der Waals surface area contributed by atoms with Gasteiger partial charge in [0.05, 0.1) is 7.11 Å². The Labute approximate surface area is 79.2 Å². The highest BCUT2D eigenvalue weighted by molar-refractivity contribution is 5.75. The fourth-order valence-electron chi connectivity index (χ4n) is 1.63. The van der Waals surface area contributed by atoms with Gasteiger partial charge in [-0.05, 0) is 13.8 Å². The number of methoxy groups -OCH3 is 1. The first-order valence-electron chi connectivity index (χ1n) is 4.70. The lowest BCUT2D eigenvalue weighted by molar-refractivity contribution is -0.146. The van der Waals surface area contributed by atoms with Crippen molar-refractivity contribution in [3.63, 3.8) is 0 Å². The van der Waals surface area contributed by atoms with Crippen LogP contribution in [0.25, 0.3) is 0 Å². The average Bonchev–Trinajstić information content (AvgIpc) is 2.15. The fourth-order valence-corrected chi connectivity index (χ4v) is 1.63. The molecular weight excluding hydrogens is 168 g/mol. The molecule has 13 heavy (non-hydrogen) atoms. The zero-order valence-electron chi connectivity index (χ0n) is 8.54. The lowest BCUT2D eigenvalue weighted by Gasteiger charge is -2.34. The Balaban J connectivity index is 2.45. The molecule has 0 aromatic carbocycles. The van der Waals surface area contributed by atoms with Crippen molar-refractivity contribution >= 4 is 5.97 Å². The molecule has 1 aliphatic heterocycles. The maximum atomic E-state index is 11.2. The zero-order chi connectivity index (χ0) is 9.84. The van der Waals surface area contributed by atoms with E-state index in [2.05, 4.69) is 17.1 Å². The van der Waals surface area contributed by atoms with Crippen LogP contribution in [0.3, 0.4) is 0 Å². The van der Waals surface area contributed by atoms with Gasteiger partial charge in [0.2, 0.25) is 0 Å². The van der Waals surface area contributed by atoms with E-state index >= 15 is 0 Å². The van der Waals surface area contributed by atoms with Crippen molar-refractivity contribution in [1.29, 1.82) is 0 Å². The molecule has 0 saturated carbocycles. The van der Waals surface area contributed by atoms with Crippen LogP contribution in [-0.4, -0.2) is 49.7 Å². The number of hydrogen-bond donors (Lipinski definition) is 1. The number of ether oxygens (including phenoxy) is 1. The van der Waals surface area contributed by atoms with Gasteiger partial charge < -0.3 is 10.1 Å². The number of carbonyl (C=O) groups is 1. The van der Waals surface area contributed by atoms with Gasteiger partial charge in [-0.15, -0.1) is 0 Å². The first kappa shape index (κ1) is 10.5. The molecule has 4 heteroatoms. The van der Waals surface area contributed by atoms with E-state index in [-0.39, 0.29) is 12.0 Å². The quantitative estimate of drug-likeness (QED) is 0.609. The molecule has 1 unspecified atom stereocenters. The van der Waals surface area contributed by atoms with Crippen LogP contribution in [-0.2, 0) is 9.53 Å². The van der Waals surface area contributed by atoms with Gasteiger partial charge >= 0.3 is 5.97 Å². The Morgan fingerprint density at radius 2 is 2.38 bits per heavy atom. The van der Waals surface area contributed by atoms with Gasteiger partial charge in [-0.2, -0.15) is 0 Å². The molecule has 1 saturated heterocycles. The van der Waals surface area contributed by atoms with Crippen LogP contribution in [0.2, 0.25) is 0 Å². The van der Waals surface area contributed by atoms with Crippen molar-refractivity contribution in [2.45, 2.75) is 25.9 Å². The van der Waals surface area contributed by atoms with Gasteiger partial charge in [0.1, 0.15) is 6.04 Å². The summed E-state index contributed by atoms with van der Waals surface area (Å²) in [6, 6.07) is 0.343.